The van der Waals surface area contributed by atoms with E-state index in [9.17, 15) is 28.0 Å². The van der Waals surface area contributed by atoms with E-state index in [1.807, 2.05) is 0 Å². The molecule has 0 spiro atoms. The number of para-hydroxylation sites is 1. The quantitative estimate of drug-likeness (QED) is 0.343. The van der Waals surface area contributed by atoms with Gasteiger partial charge in [-0.2, -0.15) is 13.9 Å². The summed E-state index contributed by atoms with van der Waals surface area (Å²) in [6.07, 6.45) is -3.80. The predicted octanol–water partition coefficient (Wildman–Crippen LogP) is 2.65. The number of carbonyl (C=O) groups is 2. The summed E-state index contributed by atoms with van der Waals surface area (Å²) in [5.41, 5.74) is -0.642. The number of alkyl halides is 2. The Morgan fingerprint density at radius 1 is 1.31 bits per heavy atom. The molecule has 14 heteroatoms. The van der Waals surface area contributed by atoms with Crippen molar-refractivity contribution in [1.82, 2.24) is 15.3 Å². The minimum absolute atomic E-state index is 0.116. The molecule has 3 N–H and O–H groups in total. The van der Waals surface area contributed by atoms with Crippen molar-refractivity contribution in [2.24, 2.45) is 0 Å². The molecule has 3 unspecified atom stereocenters. The number of urea groups is 1. The van der Waals surface area contributed by atoms with E-state index in [4.69, 9.17) is 18.5 Å². The molecule has 36 heavy (non-hydrogen) atoms. The maximum atomic E-state index is 14.9. The zero-order chi connectivity index (χ0) is 26.3. The lowest BCUT2D eigenvalue weighted by molar-refractivity contribution is -0.147. The Bertz CT molecular complexity index is 1120. The fourth-order valence-electron chi connectivity index (χ4n) is 3.90. The summed E-state index contributed by atoms with van der Waals surface area (Å²) in [6, 6.07) is 5.87. The van der Waals surface area contributed by atoms with E-state index in [-0.39, 0.29) is 17.9 Å². The molecule has 3 aliphatic rings. The van der Waals surface area contributed by atoms with E-state index in [1.54, 1.807) is 32.0 Å². The summed E-state index contributed by atoms with van der Waals surface area (Å²) in [5.74, 6) is -4.47. The Labute approximate surface area is 205 Å². The number of esters is 1. The van der Waals surface area contributed by atoms with Gasteiger partial charge in [-0.1, -0.05) is 24.8 Å². The van der Waals surface area contributed by atoms with Crippen LogP contribution in [0, 0.1) is 0 Å². The summed E-state index contributed by atoms with van der Waals surface area (Å²) in [7, 11) is -4.38. The van der Waals surface area contributed by atoms with Crippen LogP contribution in [0.5, 0.6) is 5.75 Å². The minimum atomic E-state index is -4.38. The van der Waals surface area contributed by atoms with E-state index in [2.05, 4.69) is 17.0 Å². The van der Waals surface area contributed by atoms with Gasteiger partial charge < -0.3 is 24.4 Å². The molecule has 2 fully saturated rings. The molecule has 196 valence electrons. The third-order valence-electron chi connectivity index (χ3n) is 5.62. The van der Waals surface area contributed by atoms with Crippen LogP contribution < -0.4 is 14.9 Å². The number of cyclic esters (lactones) is 1. The number of ether oxygens (including phenoxy) is 2. The Balaban J connectivity index is 1.51. The van der Waals surface area contributed by atoms with Crippen molar-refractivity contribution in [2.75, 3.05) is 6.61 Å². The summed E-state index contributed by atoms with van der Waals surface area (Å²) in [4.78, 5) is 25.0. The van der Waals surface area contributed by atoms with Gasteiger partial charge in [-0.05, 0) is 32.1 Å². The van der Waals surface area contributed by atoms with Gasteiger partial charge in [0.15, 0.2) is 6.10 Å². The number of allylic oxidation sites excluding steroid dienone is 1. The lowest BCUT2D eigenvalue weighted by atomic mass is 10.0. The van der Waals surface area contributed by atoms with Gasteiger partial charge in [-0.3, -0.25) is 14.2 Å². The van der Waals surface area contributed by atoms with Crippen LogP contribution in [0.4, 0.5) is 13.6 Å². The first-order valence-corrected chi connectivity index (χ1v) is 12.5. The number of aliphatic hydroxyl groups excluding tert-OH is 1. The first-order valence-electron chi connectivity index (χ1n) is 11.0. The topological polar surface area (TPSA) is 136 Å². The average molecular weight is 529 g/mol. The monoisotopic (exact) mass is 529 g/mol. The van der Waals surface area contributed by atoms with Crippen LogP contribution in [0.25, 0.3) is 0 Å². The normalized spacial score (nSPS) is 30.6. The summed E-state index contributed by atoms with van der Waals surface area (Å²) >= 11 is 0. The largest absolute Gasteiger partial charge is 0.459 e. The molecule has 0 radical (unpaired) electrons. The maximum absolute atomic E-state index is 14.9. The van der Waals surface area contributed by atoms with Crippen LogP contribution in [0.3, 0.4) is 0 Å². The number of aliphatic hydroxyl groups is 1. The maximum Gasteiger partial charge on any atom is 0.459 e. The second-order valence-electron chi connectivity index (χ2n) is 9.09. The molecule has 3 heterocycles. The van der Waals surface area contributed by atoms with Gasteiger partial charge in [0.1, 0.15) is 23.5 Å². The van der Waals surface area contributed by atoms with E-state index in [1.165, 1.54) is 18.2 Å². The molecule has 0 saturated carbocycles. The Morgan fingerprint density at radius 3 is 2.61 bits per heavy atom. The number of rotatable bonds is 8. The molecule has 5 atom stereocenters. The lowest BCUT2D eigenvalue weighted by Gasteiger charge is -2.31. The van der Waals surface area contributed by atoms with Crippen molar-refractivity contribution in [2.45, 2.75) is 56.3 Å². The van der Waals surface area contributed by atoms with Gasteiger partial charge in [0.25, 0.3) is 0 Å². The third-order valence-corrected chi connectivity index (χ3v) is 7.19. The van der Waals surface area contributed by atoms with Gasteiger partial charge in [-0.25, -0.2) is 9.36 Å². The third kappa shape index (κ3) is 5.45. The van der Waals surface area contributed by atoms with Crippen LogP contribution in [0.1, 0.15) is 20.3 Å². The number of halogens is 2. The standard InChI is InChI=1S/C22H26F2N3O8P/c1-13-9-10-27(20(30)25-13)19-22(23,24)17(28)16(33-19)12-32-36(31,35-14-7-5-4-6-8-14)26-15-11-21(2,3)34-18(15)29/h4-10,15-17,19,28H,1,11-12H2,2-3H3,(H,25,30)(H,26,31)/t15?,16-,17?,19-,36?/m1/s1. The Kier molecular flexibility index (Phi) is 6.97. The number of hydrogen-bond acceptors (Lipinski definition) is 8. The van der Waals surface area contributed by atoms with E-state index >= 15 is 0 Å². The highest BCUT2D eigenvalue weighted by atomic mass is 31.2. The van der Waals surface area contributed by atoms with E-state index < -0.39 is 62.4 Å². The van der Waals surface area contributed by atoms with Crippen LogP contribution in [-0.2, 0) is 23.4 Å². The van der Waals surface area contributed by atoms with Crippen molar-refractivity contribution in [3.8, 4) is 5.75 Å². The number of nitrogens with zero attached hydrogens (tertiary/aromatic N) is 1. The molecule has 0 bridgehead atoms. The first kappa shape index (κ1) is 26.2. The van der Waals surface area contributed by atoms with Gasteiger partial charge in [0, 0.05) is 18.3 Å². The predicted molar refractivity (Wildman–Crippen MR) is 121 cm³/mol. The molecule has 2 amide bonds. The van der Waals surface area contributed by atoms with E-state index in [0.717, 1.165) is 6.20 Å². The number of amides is 2. The SMILES string of the molecule is C=C1C=CN([C@@H]2O[C@H](COP(=O)(NC3CC(C)(C)OC3=O)Oc3ccccc3)C(O)C2(F)F)C(=O)N1. The van der Waals surface area contributed by atoms with Crippen LogP contribution in [0.15, 0.2) is 54.9 Å². The zero-order valence-electron chi connectivity index (χ0n) is 19.4. The fourth-order valence-corrected chi connectivity index (χ4v) is 5.40. The highest BCUT2D eigenvalue weighted by Gasteiger charge is 2.62. The highest BCUT2D eigenvalue weighted by molar-refractivity contribution is 7.52. The van der Waals surface area contributed by atoms with Gasteiger partial charge in [-0.15, -0.1) is 0 Å². The molecular formula is C22H26F2N3O8P. The molecule has 1 aromatic carbocycles. The zero-order valence-corrected chi connectivity index (χ0v) is 20.3. The van der Waals surface area contributed by atoms with Crippen molar-refractivity contribution < 1.29 is 46.6 Å². The molecular weight excluding hydrogens is 503 g/mol. The second kappa shape index (κ2) is 9.56. The minimum Gasteiger partial charge on any atom is -0.458 e. The summed E-state index contributed by atoms with van der Waals surface area (Å²) in [6.45, 7) is 6.03. The second-order valence-corrected chi connectivity index (χ2v) is 10.8. The Hall–Kier alpha value is -2.83. The van der Waals surface area contributed by atoms with Gasteiger partial charge >= 0.3 is 25.7 Å². The van der Waals surface area contributed by atoms with Crippen molar-refractivity contribution in [3.05, 3.63) is 54.9 Å². The lowest BCUT2D eigenvalue weighted by Crippen LogP contribution is -2.53. The van der Waals surface area contributed by atoms with Crippen LogP contribution in [0.2, 0.25) is 0 Å². The summed E-state index contributed by atoms with van der Waals surface area (Å²) in [5, 5.41) is 15.0. The molecule has 4 rings (SSSR count). The van der Waals surface area contributed by atoms with Crippen LogP contribution in [-0.4, -0.2) is 64.6 Å². The van der Waals surface area contributed by atoms with Gasteiger partial charge in [0.05, 0.1) is 6.61 Å². The number of benzene rings is 1. The smallest absolute Gasteiger partial charge is 0.458 e. The Morgan fingerprint density at radius 2 is 2.00 bits per heavy atom. The fraction of sp³-hybridized carbons (Fsp3) is 0.455. The van der Waals surface area contributed by atoms with Gasteiger partial charge in [0.2, 0.25) is 6.23 Å². The number of nitrogens with one attached hydrogen (secondary N) is 2. The van der Waals surface area contributed by atoms with Crippen LogP contribution >= 0.6 is 7.75 Å². The summed E-state index contributed by atoms with van der Waals surface area (Å²) < 4.78 is 64.7. The molecule has 3 aliphatic heterocycles. The molecule has 0 aromatic heterocycles. The number of carbonyl (C=O) groups excluding carboxylic acids is 2. The molecule has 0 aliphatic carbocycles. The van der Waals surface area contributed by atoms with Crippen molar-refractivity contribution >= 4 is 19.7 Å². The average Bonchev–Trinajstić information content (AvgIpc) is 3.17. The van der Waals surface area contributed by atoms with Crippen molar-refractivity contribution in [1.29, 1.82) is 0 Å². The molecule has 11 nitrogen and oxygen atoms in total. The molecule has 1 aromatic rings. The highest BCUT2D eigenvalue weighted by Crippen LogP contribution is 2.48. The number of hydrogen-bond donors (Lipinski definition) is 3. The first-order chi connectivity index (χ1) is 16.8. The molecule has 2 saturated heterocycles. The van der Waals surface area contributed by atoms with Crippen molar-refractivity contribution in [3.63, 3.8) is 0 Å². The van der Waals surface area contributed by atoms with E-state index in [0.29, 0.717) is 4.90 Å².